The van der Waals surface area contributed by atoms with Crippen LogP contribution in [-0.4, -0.2) is 48.8 Å². The second-order valence-electron chi connectivity index (χ2n) is 6.79. The molecular weight excluding hydrogens is 336 g/mol. The number of hydrogen-bond acceptors (Lipinski definition) is 6. The zero-order chi connectivity index (χ0) is 18.3. The summed E-state index contributed by atoms with van der Waals surface area (Å²) >= 11 is 0. The summed E-state index contributed by atoms with van der Waals surface area (Å²) < 4.78 is 6.12. The minimum absolute atomic E-state index is 0.00995. The van der Waals surface area contributed by atoms with E-state index >= 15 is 0 Å². The molecular formula is C17H20N6O3. The highest BCUT2D eigenvalue weighted by molar-refractivity contribution is 5.78. The summed E-state index contributed by atoms with van der Waals surface area (Å²) in [6, 6.07) is 3.40. The number of aromatic amines is 1. The zero-order valence-electron chi connectivity index (χ0n) is 14.7. The Labute approximate surface area is 149 Å². The van der Waals surface area contributed by atoms with Crippen LogP contribution in [0.25, 0.3) is 5.65 Å². The monoisotopic (exact) mass is 356 g/mol. The molecule has 0 unspecified atom stereocenters. The Kier molecular flexibility index (Phi) is 4.06. The summed E-state index contributed by atoms with van der Waals surface area (Å²) in [5.41, 5.74) is 3.32. The van der Waals surface area contributed by atoms with Crippen LogP contribution in [0, 0.1) is 13.8 Å². The fraction of sp³-hybridized carbons (Fsp3) is 0.471. The van der Waals surface area contributed by atoms with E-state index in [0.29, 0.717) is 29.3 Å². The van der Waals surface area contributed by atoms with Crippen LogP contribution in [0.2, 0.25) is 0 Å². The van der Waals surface area contributed by atoms with Gasteiger partial charge in [0.2, 0.25) is 5.91 Å². The number of nitrogens with zero attached hydrogens (tertiary/aromatic N) is 5. The predicted octanol–water partition coefficient (Wildman–Crippen LogP) is 0.971. The van der Waals surface area contributed by atoms with E-state index in [1.165, 1.54) is 10.6 Å². The molecule has 0 spiro atoms. The third-order valence-corrected chi connectivity index (χ3v) is 4.88. The second-order valence-corrected chi connectivity index (χ2v) is 6.79. The highest BCUT2D eigenvalue weighted by Gasteiger charge is 2.27. The molecule has 136 valence electrons. The van der Waals surface area contributed by atoms with Gasteiger partial charge in [-0.1, -0.05) is 10.3 Å². The van der Waals surface area contributed by atoms with E-state index in [2.05, 4.69) is 25.0 Å². The number of likely N-dealkylation sites (tertiary alicyclic amines) is 1. The van der Waals surface area contributed by atoms with Crippen molar-refractivity contribution in [2.45, 2.75) is 39.0 Å². The molecule has 9 nitrogen and oxygen atoms in total. The molecule has 1 saturated heterocycles. The summed E-state index contributed by atoms with van der Waals surface area (Å²) in [6.45, 7) is 4.89. The first-order valence-corrected chi connectivity index (χ1v) is 8.66. The number of fused-ring (bicyclic) bond motifs is 1. The van der Waals surface area contributed by atoms with Crippen LogP contribution in [-0.2, 0) is 11.2 Å². The molecule has 1 amide bonds. The van der Waals surface area contributed by atoms with Crippen molar-refractivity contribution in [1.29, 1.82) is 0 Å². The van der Waals surface area contributed by atoms with Crippen molar-refractivity contribution in [2.24, 2.45) is 0 Å². The van der Waals surface area contributed by atoms with Crippen LogP contribution < -0.4 is 5.56 Å². The van der Waals surface area contributed by atoms with Gasteiger partial charge in [-0.2, -0.15) is 0 Å². The van der Waals surface area contributed by atoms with Gasteiger partial charge in [-0.25, -0.2) is 14.1 Å². The molecule has 0 aromatic carbocycles. The number of aromatic nitrogens is 5. The van der Waals surface area contributed by atoms with Gasteiger partial charge in [0.15, 0.2) is 5.65 Å². The Bertz CT molecular complexity index is 1020. The molecule has 1 aliphatic heterocycles. The molecule has 9 heteroatoms. The summed E-state index contributed by atoms with van der Waals surface area (Å²) in [5.74, 6) is 0.154. The molecule has 0 radical (unpaired) electrons. The molecule has 3 aromatic rings. The van der Waals surface area contributed by atoms with Gasteiger partial charge >= 0.3 is 0 Å². The fourth-order valence-corrected chi connectivity index (χ4v) is 3.46. The maximum atomic E-state index is 12.6. The number of aryl methyl sites for hydroxylation is 2. The van der Waals surface area contributed by atoms with Crippen molar-refractivity contribution in [3.8, 4) is 0 Å². The van der Waals surface area contributed by atoms with E-state index in [0.717, 1.165) is 25.1 Å². The first-order chi connectivity index (χ1) is 12.5. The maximum absolute atomic E-state index is 12.6. The normalized spacial score (nSPS) is 17.8. The van der Waals surface area contributed by atoms with Crippen LogP contribution in [0.4, 0.5) is 0 Å². The van der Waals surface area contributed by atoms with Crippen molar-refractivity contribution >= 4 is 11.6 Å². The topological polar surface area (TPSA) is 109 Å². The van der Waals surface area contributed by atoms with Gasteiger partial charge in [-0.05, 0) is 26.7 Å². The average Bonchev–Trinajstić information content (AvgIpc) is 3.22. The number of amides is 1. The summed E-state index contributed by atoms with van der Waals surface area (Å²) in [7, 11) is 0. The average molecular weight is 356 g/mol. The number of nitrogens with one attached hydrogen (secondary N) is 1. The van der Waals surface area contributed by atoms with E-state index in [1.807, 2.05) is 11.0 Å². The van der Waals surface area contributed by atoms with Gasteiger partial charge in [0.25, 0.3) is 5.56 Å². The molecule has 0 saturated carbocycles. The molecule has 0 aliphatic carbocycles. The predicted molar refractivity (Wildman–Crippen MR) is 91.8 cm³/mol. The standard InChI is InChI=1S/C17H20N6O3/c1-10-6-17(25)23-15(18-10)7-14(19-23)12-4-3-5-22(9-12)16(24)8-13-11(2)20-26-21-13/h6-7,12,19H,3-5,8-9H2,1-2H3/t12-/m1/s1. The van der Waals surface area contributed by atoms with E-state index < -0.39 is 0 Å². The summed E-state index contributed by atoms with van der Waals surface area (Å²) in [5, 5.41) is 10.6. The number of hydrogen-bond donors (Lipinski definition) is 1. The van der Waals surface area contributed by atoms with Gasteiger partial charge < -0.3 is 4.90 Å². The quantitative estimate of drug-likeness (QED) is 0.749. The van der Waals surface area contributed by atoms with Crippen LogP contribution in [0.3, 0.4) is 0 Å². The number of rotatable bonds is 3. The number of piperidine rings is 1. The molecule has 3 aromatic heterocycles. The highest BCUT2D eigenvalue weighted by atomic mass is 16.6. The number of H-pyrrole nitrogens is 1. The van der Waals surface area contributed by atoms with Crippen LogP contribution >= 0.6 is 0 Å². The molecule has 26 heavy (non-hydrogen) atoms. The minimum atomic E-state index is -0.128. The van der Waals surface area contributed by atoms with Crippen molar-refractivity contribution in [1.82, 2.24) is 29.8 Å². The molecule has 1 aliphatic rings. The second kappa shape index (κ2) is 6.40. The molecule has 4 heterocycles. The van der Waals surface area contributed by atoms with Gasteiger partial charge in [0.05, 0.1) is 6.42 Å². The zero-order valence-corrected chi connectivity index (χ0v) is 14.7. The lowest BCUT2D eigenvalue weighted by molar-refractivity contribution is -0.131. The summed E-state index contributed by atoms with van der Waals surface area (Å²) in [4.78, 5) is 30.9. The Hall–Kier alpha value is -2.97. The largest absolute Gasteiger partial charge is 0.342 e. The van der Waals surface area contributed by atoms with E-state index in [4.69, 9.17) is 0 Å². The highest BCUT2D eigenvalue weighted by Crippen LogP contribution is 2.26. The smallest absolute Gasteiger partial charge is 0.272 e. The first kappa shape index (κ1) is 16.5. The van der Waals surface area contributed by atoms with Crippen LogP contribution in [0.5, 0.6) is 0 Å². The fourth-order valence-electron chi connectivity index (χ4n) is 3.46. The summed E-state index contributed by atoms with van der Waals surface area (Å²) in [6.07, 6.45) is 2.05. The lowest BCUT2D eigenvalue weighted by Crippen LogP contribution is -2.40. The lowest BCUT2D eigenvalue weighted by atomic mass is 9.94. The SMILES string of the molecule is Cc1cc(=O)n2[nH]c([C@@H]3CCCN(C(=O)Cc4nonc4C)C3)cc2n1. The van der Waals surface area contributed by atoms with E-state index in [-0.39, 0.29) is 23.8 Å². The Morgan fingerprint density at radius 1 is 1.35 bits per heavy atom. The van der Waals surface area contributed by atoms with Crippen molar-refractivity contribution in [3.05, 3.63) is 45.3 Å². The van der Waals surface area contributed by atoms with Gasteiger partial charge in [0, 0.05) is 42.5 Å². The molecule has 0 bridgehead atoms. The Balaban J connectivity index is 1.53. The third kappa shape index (κ3) is 3.00. The third-order valence-electron chi connectivity index (χ3n) is 4.88. The van der Waals surface area contributed by atoms with Crippen LogP contribution in [0.1, 0.15) is 41.5 Å². The lowest BCUT2D eigenvalue weighted by Gasteiger charge is -2.32. The van der Waals surface area contributed by atoms with E-state index in [1.54, 1.807) is 13.8 Å². The van der Waals surface area contributed by atoms with Crippen LogP contribution in [0.15, 0.2) is 21.6 Å². The number of carbonyl (C=O) groups is 1. The minimum Gasteiger partial charge on any atom is -0.342 e. The van der Waals surface area contributed by atoms with Gasteiger partial charge in [0.1, 0.15) is 11.4 Å². The van der Waals surface area contributed by atoms with Gasteiger partial charge in [-0.3, -0.25) is 14.7 Å². The van der Waals surface area contributed by atoms with E-state index in [9.17, 15) is 9.59 Å². The Morgan fingerprint density at radius 2 is 2.19 bits per heavy atom. The maximum Gasteiger partial charge on any atom is 0.272 e. The first-order valence-electron chi connectivity index (χ1n) is 8.66. The van der Waals surface area contributed by atoms with Gasteiger partial charge in [-0.15, -0.1) is 0 Å². The molecule has 4 rings (SSSR count). The number of carbonyl (C=O) groups excluding carboxylic acids is 1. The Morgan fingerprint density at radius 3 is 2.96 bits per heavy atom. The molecule has 1 fully saturated rings. The molecule has 1 atom stereocenters. The van der Waals surface area contributed by atoms with Crippen molar-refractivity contribution in [3.63, 3.8) is 0 Å². The molecule has 1 N–H and O–H groups in total. The van der Waals surface area contributed by atoms with Crippen molar-refractivity contribution < 1.29 is 9.42 Å². The van der Waals surface area contributed by atoms with Crippen molar-refractivity contribution in [2.75, 3.05) is 13.1 Å².